The van der Waals surface area contributed by atoms with Gasteiger partial charge in [-0.2, -0.15) is 5.10 Å². The molecule has 1 atom stereocenters. The fourth-order valence-corrected chi connectivity index (χ4v) is 5.05. The predicted octanol–water partition coefficient (Wildman–Crippen LogP) is 3.52. The van der Waals surface area contributed by atoms with E-state index in [1.54, 1.807) is 17.1 Å². The van der Waals surface area contributed by atoms with Crippen LogP contribution in [-0.4, -0.2) is 38.2 Å². The average molecular weight is 338 g/mol. The number of amides is 1. The largest absolute Gasteiger partial charge is 0.334 e. The zero-order valence-corrected chi connectivity index (χ0v) is 15.3. The smallest absolute Gasteiger partial charge is 0.256 e. The number of aromatic nitrogens is 3. The van der Waals surface area contributed by atoms with Crippen LogP contribution in [0.3, 0.4) is 0 Å². The van der Waals surface area contributed by atoms with Crippen LogP contribution in [0.5, 0.6) is 0 Å². The highest BCUT2D eigenvalue weighted by atomic mass is 16.2. The maximum atomic E-state index is 13.3. The summed E-state index contributed by atoms with van der Waals surface area (Å²) < 4.78 is 1.74. The normalized spacial score (nSPS) is 21.8. The van der Waals surface area contributed by atoms with Crippen LogP contribution >= 0.6 is 0 Å². The van der Waals surface area contributed by atoms with Gasteiger partial charge in [-0.25, -0.2) is 0 Å². The molecule has 5 nitrogen and oxygen atoms in total. The van der Waals surface area contributed by atoms with Crippen LogP contribution in [0.1, 0.15) is 49.9 Å². The summed E-state index contributed by atoms with van der Waals surface area (Å²) in [6, 6.07) is 4.10. The van der Waals surface area contributed by atoms with Gasteiger partial charge in [0.15, 0.2) is 0 Å². The molecule has 0 N–H and O–H groups in total. The van der Waals surface area contributed by atoms with Gasteiger partial charge in [0.2, 0.25) is 0 Å². The molecule has 1 amide bonds. The molecule has 0 bridgehead atoms. The minimum atomic E-state index is 0.114. The highest BCUT2D eigenvalue weighted by Gasteiger charge is 2.56. The highest BCUT2D eigenvalue weighted by Crippen LogP contribution is 2.53. The standard InChI is InChI=1S/C20H26N4O/c1-14(2)18-20(8-4-5-9-20)13-24(18)19(25)16-7-6-10-21-17(16)15-11-22-23(3)12-15/h6-7,10-12,14,18H,4-5,8-9,13H2,1-3H3. The van der Waals surface area contributed by atoms with Crippen molar-refractivity contribution >= 4 is 5.91 Å². The van der Waals surface area contributed by atoms with Gasteiger partial charge in [-0.3, -0.25) is 14.5 Å². The molecule has 3 heterocycles. The van der Waals surface area contributed by atoms with Crippen LogP contribution in [0.25, 0.3) is 11.3 Å². The van der Waals surface area contributed by atoms with Crippen LogP contribution in [0.4, 0.5) is 0 Å². The molecule has 2 fully saturated rings. The summed E-state index contributed by atoms with van der Waals surface area (Å²) in [5.41, 5.74) is 2.67. The topological polar surface area (TPSA) is 51.0 Å². The highest BCUT2D eigenvalue weighted by molar-refractivity contribution is 6.00. The lowest BCUT2D eigenvalue weighted by Gasteiger charge is -2.58. The van der Waals surface area contributed by atoms with Gasteiger partial charge in [-0.1, -0.05) is 26.7 Å². The van der Waals surface area contributed by atoms with Crippen molar-refractivity contribution in [2.45, 2.75) is 45.6 Å². The van der Waals surface area contributed by atoms with Gasteiger partial charge >= 0.3 is 0 Å². The van der Waals surface area contributed by atoms with Crippen molar-refractivity contribution in [1.82, 2.24) is 19.7 Å². The molecule has 2 aliphatic rings. The number of hydrogen-bond acceptors (Lipinski definition) is 3. The Morgan fingerprint density at radius 1 is 1.32 bits per heavy atom. The van der Waals surface area contributed by atoms with Gasteiger partial charge in [0, 0.05) is 43.0 Å². The first kappa shape index (κ1) is 16.3. The van der Waals surface area contributed by atoms with Gasteiger partial charge < -0.3 is 4.90 Å². The second kappa shape index (κ2) is 5.97. The summed E-state index contributed by atoms with van der Waals surface area (Å²) in [6.45, 7) is 5.39. The summed E-state index contributed by atoms with van der Waals surface area (Å²) in [4.78, 5) is 19.9. The lowest BCUT2D eigenvalue weighted by atomic mass is 9.65. The molecule has 0 radical (unpaired) electrons. The van der Waals surface area contributed by atoms with E-state index in [2.05, 4.69) is 28.8 Å². The number of aryl methyl sites for hydroxylation is 1. The van der Waals surface area contributed by atoms with Crippen molar-refractivity contribution in [3.05, 3.63) is 36.3 Å². The molecular weight excluding hydrogens is 312 g/mol. The van der Waals surface area contributed by atoms with Crippen molar-refractivity contribution in [3.63, 3.8) is 0 Å². The zero-order valence-electron chi connectivity index (χ0n) is 15.3. The van der Waals surface area contributed by atoms with Gasteiger partial charge in [-0.15, -0.1) is 0 Å². The van der Waals surface area contributed by atoms with Gasteiger partial charge in [-0.05, 0) is 30.9 Å². The van der Waals surface area contributed by atoms with Crippen molar-refractivity contribution in [2.75, 3.05) is 6.54 Å². The van der Waals surface area contributed by atoms with Gasteiger partial charge in [0.05, 0.1) is 17.5 Å². The van der Waals surface area contributed by atoms with Crippen LogP contribution in [0.15, 0.2) is 30.7 Å². The van der Waals surface area contributed by atoms with Crippen molar-refractivity contribution in [1.29, 1.82) is 0 Å². The molecular formula is C20H26N4O. The van der Waals surface area contributed by atoms with Crippen molar-refractivity contribution in [2.24, 2.45) is 18.4 Å². The Hall–Kier alpha value is -2.17. The third kappa shape index (κ3) is 2.57. The summed E-state index contributed by atoms with van der Waals surface area (Å²) in [5.74, 6) is 0.595. The van der Waals surface area contributed by atoms with Crippen LogP contribution in [-0.2, 0) is 7.05 Å². The number of pyridine rings is 1. The Kier molecular flexibility index (Phi) is 3.89. The monoisotopic (exact) mass is 338 g/mol. The molecule has 4 rings (SSSR count). The van der Waals surface area contributed by atoms with Crippen LogP contribution in [0, 0.1) is 11.3 Å². The van der Waals surface area contributed by atoms with E-state index in [4.69, 9.17) is 0 Å². The van der Waals surface area contributed by atoms with Crippen molar-refractivity contribution < 1.29 is 4.79 Å². The SMILES string of the molecule is CC(C)C1N(C(=O)c2cccnc2-c2cnn(C)c2)CC12CCCC2. The Balaban J connectivity index is 1.66. The van der Waals surface area contributed by atoms with E-state index >= 15 is 0 Å². The fraction of sp³-hybridized carbons (Fsp3) is 0.550. The molecule has 5 heteroatoms. The number of nitrogens with zero attached hydrogens (tertiary/aromatic N) is 4. The molecule has 25 heavy (non-hydrogen) atoms. The molecule has 0 aromatic carbocycles. The number of likely N-dealkylation sites (tertiary alicyclic amines) is 1. The Morgan fingerprint density at radius 3 is 2.72 bits per heavy atom. The summed E-state index contributed by atoms with van der Waals surface area (Å²) >= 11 is 0. The van der Waals surface area contributed by atoms with E-state index in [0.717, 1.165) is 17.8 Å². The number of rotatable bonds is 3. The first-order chi connectivity index (χ1) is 12.0. The molecule has 1 aliphatic carbocycles. The first-order valence-corrected chi connectivity index (χ1v) is 9.27. The molecule has 1 spiro atoms. The van der Waals surface area contributed by atoms with E-state index in [-0.39, 0.29) is 5.91 Å². The molecule has 1 unspecified atom stereocenters. The molecule has 2 aromatic rings. The van der Waals surface area contributed by atoms with Gasteiger partial charge in [0.25, 0.3) is 5.91 Å². The predicted molar refractivity (Wildman–Crippen MR) is 97.0 cm³/mol. The summed E-state index contributed by atoms with van der Waals surface area (Å²) in [5, 5.41) is 4.23. The molecule has 132 valence electrons. The second-order valence-corrected chi connectivity index (χ2v) is 7.99. The van der Waals surface area contributed by atoms with E-state index in [1.807, 2.05) is 25.4 Å². The summed E-state index contributed by atoms with van der Waals surface area (Å²) in [7, 11) is 1.88. The molecule has 1 saturated heterocycles. The van der Waals surface area contributed by atoms with Crippen LogP contribution < -0.4 is 0 Å². The minimum Gasteiger partial charge on any atom is -0.334 e. The third-order valence-corrected chi connectivity index (χ3v) is 5.96. The van der Waals surface area contributed by atoms with Crippen LogP contribution in [0.2, 0.25) is 0 Å². The van der Waals surface area contributed by atoms with Crippen molar-refractivity contribution in [3.8, 4) is 11.3 Å². The second-order valence-electron chi connectivity index (χ2n) is 7.99. The lowest BCUT2D eigenvalue weighted by molar-refractivity contribution is -0.0701. The maximum Gasteiger partial charge on any atom is 0.256 e. The maximum absolute atomic E-state index is 13.3. The minimum absolute atomic E-state index is 0.114. The number of carbonyl (C=O) groups is 1. The Labute approximate surface area is 149 Å². The average Bonchev–Trinajstić information content (AvgIpc) is 3.22. The zero-order chi connectivity index (χ0) is 17.6. The quantitative estimate of drug-likeness (QED) is 0.860. The molecule has 1 aliphatic heterocycles. The number of hydrogen-bond donors (Lipinski definition) is 0. The van der Waals surface area contributed by atoms with E-state index < -0.39 is 0 Å². The number of carbonyl (C=O) groups excluding carboxylic acids is 1. The van der Waals surface area contributed by atoms with Gasteiger partial charge in [0.1, 0.15) is 0 Å². The van der Waals surface area contributed by atoms with E-state index in [1.165, 1.54) is 25.7 Å². The Morgan fingerprint density at radius 2 is 2.08 bits per heavy atom. The molecule has 1 saturated carbocycles. The first-order valence-electron chi connectivity index (χ1n) is 9.27. The van der Waals surface area contributed by atoms with E-state index in [9.17, 15) is 4.79 Å². The summed E-state index contributed by atoms with van der Waals surface area (Å²) in [6.07, 6.45) is 10.6. The van der Waals surface area contributed by atoms with E-state index in [0.29, 0.717) is 22.9 Å². The Bertz CT molecular complexity index is 788. The fourth-order valence-electron chi connectivity index (χ4n) is 5.05. The molecule has 2 aromatic heterocycles. The third-order valence-electron chi connectivity index (χ3n) is 5.96. The lowest BCUT2D eigenvalue weighted by Crippen LogP contribution is -2.67.